The Kier molecular flexibility index (Phi) is 7.08. The molecule has 0 fully saturated rings. The summed E-state index contributed by atoms with van der Waals surface area (Å²) in [5.74, 6) is -1.40. The highest BCUT2D eigenvalue weighted by molar-refractivity contribution is 6.32. The van der Waals surface area contributed by atoms with E-state index in [0.29, 0.717) is 16.8 Å². The van der Waals surface area contributed by atoms with Gasteiger partial charge in [-0.05, 0) is 42.8 Å². The highest BCUT2D eigenvalue weighted by Gasteiger charge is 2.17. The third-order valence-electron chi connectivity index (χ3n) is 3.49. The summed E-state index contributed by atoms with van der Waals surface area (Å²) < 4.78 is 5.06. The first-order valence-corrected chi connectivity index (χ1v) is 8.40. The number of rotatable bonds is 6. The predicted molar refractivity (Wildman–Crippen MR) is 102 cm³/mol. The Hall–Kier alpha value is -3.19. The van der Waals surface area contributed by atoms with Gasteiger partial charge in [0, 0.05) is 24.9 Å². The molecule has 0 radical (unpaired) electrons. The van der Waals surface area contributed by atoms with Crippen LogP contribution in [0.15, 0.2) is 48.7 Å². The van der Waals surface area contributed by atoms with Crippen LogP contribution in [0.25, 0.3) is 6.08 Å². The van der Waals surface area contributed by atoms with Crippen molar-refractivity contribution < 1.29 is 19.1 Å². The largest absolute Gasteiger partial charge is 0.449 e. The SMILES string of the molecule is CNC(=O)c1ccc(C=CC(=O)OC(C)C(=O)Nc2cccnc2Cl)cc1. The van der Waals surface area contributed by atoms with Crippen LogP contribution in [0.5, 0.6) is 0 Å². The molecule has 1 unspecified atom stereocenters. The van der Waals surface area contributed by atoms with Gasteiger partial charge in [0.15, 0.2) is 11.3 Å². The van der Waals surface area contributed by atoms with Crippen molar-refractivity contribution in [3.8, 4) is 0 Å². The smallest absolute Gasteiger partial charge is 0.331 e. The number of esters is 1. The average Bonchev–Trinajstić information content (AvgIpc) is 2.67. The van der Waals surface area contributed by atoms with Gasteiger partial charge in [0.05, 0.1) is 5.69 Å². The van der Waals surface area contributed by atoms with Crippen LogP contribution in [0.2, 0.25) is 5.15 Å². The molecule has 2 N–H and O–H groups in total. The second kappa shape index (κ2) is 9.49. The molecular weight excluding hydrogens is 370 g/mol. The van der Waals surface area contributed by atoms with Gasteiger partial charge in [0.2, 0.25) is 0 Å². The fourth-order valence-electron chi connectivity index (χ4n) is 2.03. The number of aromatic nitrogens is 1. The van der Waals surface area contributed by atoms with E-state index in [1.54, 1.807) is 43.4 Å². The molecule has 1 atom stereocenters. The molecule has 1 aromatic heterocycles. The van der Waals surface area contributed by atoms with Crippen LogP contribution in [0.1, 0.15) is 22.8 Å². The lowest BCUT2D eigenvalue weighted by atomic mass is 10.1. The number of ether oxygens (including phenoxy) is 1. The normalized spacial score (nSPS) is 11.7. The van der Waals surface area contributed by atoms with E-state index in [0.717, 1.165) is 0 Å². The van der Waals surface area contributed by atoms with E-state index in [4.69, 9.17) is 16.3 Å². The van der Waals surface area contributed by atoms with E-state index < -0.39 is 18.0 Å². The number of hydrogen-bond acceptors (Lipinski definition) is 5. The van der Waals surface area contributed by atoms with Gasteiger partial charge in [0.25, 0.3) is 11.8 Å². The summed E-state index contributed by atoms with van der Waals surface area (Å²) in [7, 11) is 1.55. The molecule has 0 aliphatic rings. The van der Waals surface area contributed by atoms with Crippen molar-refractivity contribution in [2.45, 2.75) is 13.0 Å². The van der Waals surface area contributed by atoms with Crippen molar-refractivity contribution in [2.75, 3.05) is 12.4 Å². The van der Waals surface area contributed by atoms with E-state index >= 15 is 0 Å². The van der Waals surface area contributed by atoms with Crippen LogP contribution < -0.4 is 10.6 Å². The molecule has 8 heteroatoms. The maximum atomic E-state index is 12.1. The third-order valence-corrected chi connectivity index (χ3v) is 3.79. The van der Waals surface area contributed by atoms with Crippen molar-refractivity contribution in [1.29, 1.82) is 0 Å². The maximum Gasteiger partial charge on any atom is 0.331 e. The summed E-state index contributed by atoms with van der Waals surface area (Å²) in [5, 5.41) is 5.20. The summed E-state index contributed by atoms with van der Waals surface area (Å²) in [6.07, 6.45) is 3.20. The second-order valence-electron chi connectivity index (χ2n) is 5.44. The van der Waals surface area contributed by atoms with Crippen LogP contribution >= 0.6 is 11.6 Å². The quantitative estimate of drug-likeness (QED) is 0.451. The molecule has 2 rings (SSSR count). The van der Waals surface area contributed by atoms with Crippen LogP contribution in [-0.4, -0.2) is 35.9 Å². The number of carbonyl (C=O) groups is 3. The summed E-state index contributed by atoms with van der Waals surface area (Å²) in [5.41, 5.74) is 1.55. The minimum atomic E-state index is -1.02. The lowest BCUT2D eigenvalue weighted by Crippen LogP contribution is -2.29. The molecule has 0 spiro atoms. The summed E-state index contributed by atoms with van der Waals surface area (Å²) in [4.78, 5) is 39.3. The van der Waals surface area contributed by atoms with E-state index in [-0.39, 0.29) is 11.1 Å². The molecule has 0 aliphatic carbocycles. The molecule has 0 saturated carbocycles. The van der Waals surface area contributed by atoms with E-state index in [9.17, 15) is 14.4 Å². The monoisotopic (exact) mass is 387 g/mol. The van der Waals surface area contributed by atoms with E-state index in [1.165, 1.54) is 25.3 Å². The van der Waals surface area contributed by atoms with Crippen LogP contribution in [-0.2, 0) is 14.3 Å². The summed E-state index contributed by atoms with van der Waals surface area (Å²) in [6.45, 7) is 1.45. The van der Waals surface area contributed by atoms with Crippen molar-refractivity contribution in [1.82, 2.24) is 10.3 Å². The Morgan fingerprint density at radius 1 is 1.19 bits per heavy atom. The number of nitrogens with one attached hydrogen (secondary N) is 2. The van der Waals surface area contributed by atoms with Gasteiger partial charge in [0.1, 0.15) is 0 Å². The molecule has 2 amide bonds. The Bertz CT molecular complexity index is 866. The second-order valence-corrected chi connectivity index (χ2v) is 5.80. The summed E-state index contributed by atoms with van der Waals surface area (Å²) in [6, 6.07) is 9.86. The first-order chi connectivity index (χ1) is 12.9. The predicted octanol–water partition coefficient (Wildman–Crippen LogP) is 2.68. The standard InChI is InChI=1S/C19H18ClN3O4/c1-12(18(25)23-15-4-3-11-22-17(15)20)27-16(24)10-7-13-5-8-14(9-6-13)19(26)21-2/h3-12H,1-2H3,(H,21,26)(H,23,25). The zero-order valence-corrected chi connectivity index (χ0v) is 15.5. The highest BCUT2D eigenvalue weighted by Crippen LogP contribution is 2.17. The fraction of sp³-hybridized carbons (Fsp3) is 0.158. The molecule has 27 heavy (non-hydrogen) atoms. The lowest BCUT2D eigenvalue weighted by Gasteiger charge is -2.12. The van der Waals surface area contributed by atoms with Crippen LogP contribution in [0, 0.1) is 0 Å². The molecule has 7 nitrogen and oxygen atoms in total. The number of hydrogen-bond donors (Lipinski definition) is 2. The Labute approximate surface area is 161 Å². The molecule has 2 aromatic rings. The minimum absolute atomic E-state index is 0.143. The number of carbonyl (C=O) groups excluding carboxylic acids is 3. The van der Waals surface area contributed by atoms with Gasteiger partial charge in [-0.25, -0.2) is 9.78 Å². The molecular formula is C19H18ClN3O4. The average molecular weight is 388 g/mol. The van der Waals surface area contributed by atoms with Crippen molar-refractivity contribution in [3.05, 3.63) is 65.0 Å². The van der Waals surface area contributed by atoms with Crippen LogP contribution in [0.3, 0.4) is 0 Å². The topological polar surface area (TPSA) is 97.4 Å². The van der Waals surface area contributed by atoms with Crippen molar-refractivity contribution in [2.24, 2.45) is 0 Å². The van der Waals surface area contributed by atoms with E-state index in [2.05, 4.69) is 15.6 Å². The molecule has 140 valence electrons. The van der Waals surface area contributed by atoms with Gasteiger partial charge < -0.3 is 15.4 Å². The van der Waals surface area contributed by atoms with E-state index in [1.807, 2.05) is 0 Å². The number of benzene rings is 1. The van der Waals surface area contributed by atoms with Gasteiger partial charge in [-0.2, -0.15) is 0 Å². The van der Waals surface area contributed by atoms with Gasteiger partial charge in [-0.3, -0.25) is 9.59 Å². The third kappa shape index (κ3) is 5.93. The number of amides is 2. The summed E-state index contributed by atoms with van der Waals surface area (Å²) >= 11 is 5.87. The maximum absolute atomic E-state index is 12.1. The molecule has 0 bridgehead atoms. The van der Waals surface area contributed by atoms with Gasteiger partial charge >= 0.3 is 5.97 Å². The lowest BCUT2D eigenvalue weighted by molar-refractivity contribution is -0.148. The highest BCUT2D eigenvalue weighted by atomic mass is 35.5. The molecule has 1 heterocycles. The number of anilines is 1. The van der Waals surface area contributed by atoms with Crippen molar-refractivity contribution >= 4 is 41.1 Å². The Morgan fingerprint density at radius 3 is 2.52 bits per heavy atom. The molecule has 1 aromatic carbocycles. The molecule has 0 saturated heterocycles. The number of pyridine rings is 1. The van der Waals surface area contributed by atoms with Gasteiger partial charge in [-0.15, -0.1) is 0 Å². The zero-order chi connectivity index (χ0) is 19.8. The first kappa shape index (κ1) is 20.1. The fourth-order valence-corrected chi connectivity index (χ4v) is 2.20. The number of halogens is 1. The van der Waals surface area contributed by atoms with Gasteiger partial charge in [-0.1, -0.05) is 23.7 Å². The molecule has 0 aliphatic heterocycles. The minimum Gasteiger partial charge on any atom is -0.449 e. The Balaban J connectivity index is 1.90. The first-order valence-electron chi connectivity index (χ1n) is 8.03. The van der Waals surface area contributed by atoms with Crippen molar-refractivity contribution in [3.63, 3.8) is 0 Å². The van der Waals surface area contributed by atoms with Crippen LogP contribution in [0.4, 0.5) is 5.69 Å². The number of nitrogens with zero attached hydrogens (tertiary/aromatic N) is 1. The zero-order valence-electron chi connectivity index (χ0n) is 14.7. The Morgan fingerprint density at radius 2 is 1.89 bits per heavy atom.